The first-order valence-corrected chi connectivity index (χ1v) is 8.95. The zero-order valence-corrected chi connectivity index (χ0v) is 14.9. The number of hydrogen-bond donors (Lipinski definition) is 0. The van der Waals surface area contributed by atoms with Crippen LogP contribution in [0, 0.1) is 0 Å². The van der Waals surface area contributed by atoms with Gasteiger partial charge in [-0.05, 0) is 35.4 Å². The molecule has 0 fully saturated rings. The van der Waals surface area contributed by atoms with E-state index < -0.39 is 0 Å². The summed E-state index contributed by atoms with van der Waals surface area (Å²) < 4.78 is 17.4. The van der Waals surface area contributed by atoms with Gasteiger partial charge >= 0.3 is 0 Å². The molecule has 4 aromatic rings. The van der Waals surface area contributed by atoms with Crippen LogP contribution < -0.4 is 14.2 Å². The first kappa shape index (κ1) is 16.3. The summed E-state index contributed by atoms with van der Waals surface area (Å²) in [4.78, 5) is 0. The molecule has 5 nitrogen and oxygen atoms in total. The summed E-state index contributed by atoms with van der Waals surface area (Å²) in [5.41, 5.74) is 2.98. The monoisotopic (exact) mass is 368 g/mol. The van der Waals surface area contributed by atoms with Gasteiger partial charge in [-0.1, -0.05) is 54.6 Å². The minimum Gasteiger partial charge on any atom is -0.487 e. The Morgan fingerprint density at radius 3 is 2.11 bits per heavy atom. The average molecular weight is 368 g/mol. The quantitative estimate of drug-likeness (QED) is 0.412. The fraction of sp³-hybridized carbons (Fsp3) is 0.0435. The molecular formula is C23H16N2O3. The Labute approximate surface area is 162 Å². The third-order valence-corrected chi connectivity index (χ3v) is 4.40. The van der Waals surface area contributed by atoms with Crippen molar-refractivity contribution < 1.29 is 14.2 Å². The average Bonchev–Trinajstić information content (AvgIpc) is 2.77. The Kier molecular flexibility index (Phi) is 4.10. The normalized spacial score (nSPS) is 11.6. The molecular weight excluding hydrogens is 352 g/mol. The predicted molar refractivity (Wildman–Crippen MR) is 105 cm³/mol. The van der Waals surface area contributed by atoms with Crippen LogP contribution in [0.3, 0.4) is 0 Å². The zero-order chi connectivity index (χ0) is 18.8. The van der Waals surface area contributed by atoms with Gasteiger partial charge in [0, 0.05) is 6.07 Å². The number of hydrogen-bond acceptors (Lipinski definition) is 5. The number of aromatic nitrogens is 2. The van der Waals surface area contributed by atoms with Crippen LogP contribution in [-0.4, -0.2) is 10.2 Å². The molecule has 28 heavy (non-hydrogen) atoms. The van der Waals surface area contributed by atoms with Gasteiger partial charge in [-0.3, -0.25) is 0 Å². The molecule has 136 valence electrons. The molecule has 1 aliphatic heterocycles. The molecule has 0 bridgehead atoms. The zero-order valence-electron chi connectivity index (χ0n) is 14.9. The van der Waals surface area contributed by atoms with Crippen molar-refractivity contribution in [3.05, 3.63) is 90.6 Å². The molecule has 2 heterocycles. The minimum atomic E-state index is 0.288. The van der Waals surface area contributed by atoms with E-state index >= 15 is 0 Å². The van der Waals surface area contributed by atoms with Crippen molar-refractivity contribution in [2.24, 2.45) is 0 Å². The van der Waals surface area contributed by atoms with E-state index in [0.29, 0.717) is 28.8 Å². The van der Waals surface area contributed by atoms with E-state index in [0.717, 1.165) is 11.3 Å². The largest absolute Gasteiger partial charge is 0.487 e. The molecule has 1 aliphatic rings. The Bertz CT molecular complexity index is 1110. The molecule has 0 spiro atoms. The molecule has 0 saturated carbocycles. The van der Waals surface area contributed by atoms with E-state index in [9.17, 15) is 0 Å². The lowest BCUT2D eigenvalue weighted by Crippen LogP contribution is -2.05. The van der Waals surface area contributed by atoms with Crippen molar-refractivity contribution >= 4 is 0 Å². The number of fused-ring (bicyclic) bond motifs is 2. The predicted octanol–water partition coefficient (Wildman–Crippen LogP) is 5.62. The minimum absolute atomic E-state index is 0.288. The first-order chi connectivity index (χ1) is 13.8. The van der Waals surface area contributed by atoms with E-state index in [1.807, 2.05) is 66.7 Å². The van der Waals surface area contributed by atoms with Gasteiger partial charge in [-0.25, -0.2) is 0 Å². The lowest BCUT2D eigenvalue weighted by Gasteiger charge is -2.19. The number of rotatable bonds is 4. The van der Waals surface area contributed by atoms with Gasteiger partial charge in [0.2, 0.25) is 0 Å². The third kappa shape index (κ3) is 3.25. The van der Waals surface area contributed by atoms with E-state index in [1.165, 1.54) is 5.56 Å². The number of ether oxygens (including phenoxy) is 3. The lowest BCUT2D eigenvalue weighted by molar-refractivity contribution is 0.294. The maximum Gasteiger partial charge on any atom is 0.282 e. The summed E-state index contributed by atoms with van der Waals surface area (Å²) in [5.74, 6) is 2.95. The molecule has 0 saturated heterocycles. The number of para-hydroxylation sites is 2. The van der Waals surface area contributed by atoms with Crippen molar-refractivity contribution in [2.75, 3.05) is 0 Å². The third-order valence-electron chi connectivity index (χ3n) is 4.40. The second-order valence-electron chi connectivity index (χ2n) is 6.34. The molecule has 0 unspecified atom stereocenters. The topological polar surface area (TPSA) is 53.5 Å². The van der Waals surface area contributed by atoms with E-state index in [4.69, 9.17) is 14.2 Å². The summed E-state index contributed by atoms with van der Waals surface area (Å²) in [7, 11) is 0. The van der Waals surface area contributed by atoms with Crippen LogP contribution in [0.25, 0.3) is 11.1 Å². The van der Waals surface area contributed by atoms with Crippen LogP contribution in [0.15, 0.2) is 84.9 Å². The van der Waals surface area contributed by atoms with Crippen LogP contribution in [-0.2, 0) is 6.61 Å². The lowest BCUT2D eigenvalue weighted by atomic mass is 10.1. The van der Waals surface area contributed by atoms with E-state index in [-0.39, 0.29) is 6.61 Å². The molecule has 1 aromatic heterocycles. The van der Waals surface area contributed by atoms with Crippen molar-refractivity contribution in [1.82, 2.24) is 10.2 Å². The Hall–Kier alpha value is -3.86. The molecule has 3 aromatic carbocycles. The van der Waals surface area contributed by atoms with Gasteiger partial charge in [-0.2, -0.15) is 0 Å². The summed E-state index contributed by atoms with van der Waals surface area (Å²) in [6.45, 7) is 0.288. The van der Waals surface area contributed by atoms with Crippen LogP contribution in [0.2, 0.25) is 0 Å². The molecule has 5 heteroatoms. The highest BCUT2D eigenvalue weighted by Crippen LogP contribution is 2.43. The summed E-state index contributed by atoms with van der Waals surface area (Å²) >= 11 is 0. The highest BCUT2D eigenvalue weighted by atomic mass is 16.6. The highest BCUT2D eigenvalue weighted by molar-refractivity contribution is 5.63. The first-order valence-electron chi connectivity index (χ1n) is 8.95. The second kappa shape index (κ2) is 7.04. The van der Waals surface area contributed by atoms with Gasteiger partial charge in [-0.15, -0.1) is 10.2 Å². The molecule has 5 rings (SSSR count). The highest BCUT2D eigenvalue weighted by Gasteiger charge is 2.20. The van der Waals surface area contributed by atoms with Crippen LogP contribution in [0.4, 0.5) is 0 Å². The van der Waals surface area contributed by atoms with Crippen molar-refractivity contribution in [2.45, 2.75) is 6.61 Å². The summed E-state index contributed by atoms with van der Waals surface area (Å²) in [6, 6.07) is 27.4. The van der Waals surface area contributed by atoms with Gasteiger partial charge in [0.25, 0.3) is 5.88 Å². The molecule has 0 atom stereocenters. The molecule has 0 N–H and O–H groups in total. The second-order valence-corrected chi connectivity index (χ2v) is 6.34. The van der Waals surface area contributed by atoms with Crippen molar-refractivity contribution in [3.63, 3.8) is 0 Å². The van der Waals surface area contributed by atoms with Gasteiger partial charge < -0.3 is 14.2 Å². The van der Waals surface area contributed by atoms with Gasteiger partial charge in [0.1, 0.15) is 18.1 Å². The SMILES string of the molecule is c1ccc(-c2ccc(OCc3cc4c(nn3)Oc3ccccc3O4)cc2)cc1. The van der Waals surface area contributed by atoms with Crippen LogP contribution >= 0.6 is 0 Å². The van der Waals surface area contributed by atoms with E-state index in [1.54, 1.807) is 6.07 Å². The smallest absolute Gasteiger partial charge is 0.282 e. The Morgan fingerprint density at radius 2 is 1.32 bits per heavy atom. The number of nitrogens with zero attached hydrogens (tertiary/aromatic N) is 2. The fourth-order valence-electron chi connectivity index (χ4n) is 2.99. The Morgan fingerprint density at radius 1 is 0.643 bits per heavy atom. The fourth-order valence-corrected chi connectivity index (χ4v) is 2.99. The van der Waals surface area contributed by atoms with E-state index in [2.05, 4.69) is 22.3 Å². The van der Waals surface area contributed by atoms with Gasteiger partial charge in [0.05, 0.1) is 0 Å². The van der Waals surface area contributed by atoms with Crippen LogP contribution in [0.5, 0.6) is 28.9 Å². The maximum absolute atomic E-state index is 5.85. The number of benzene rings is 3. The van der Waals surface area contributed by atoms with Crippen molar-refractivity contribution in [1.29, 1.82) is 0 Å². The maximum atomic E-state index is 5.85. The Balaban J connectivity index is 1.28. The molecule has 0 aliphatic carbocycles. The molecule has 0 radical (unpaired) electrons. The standard InChI is InChI=1S/C23H16N2O3/c1-2-6-16(7-3-1)17-10-12-19(13-11-17)26-15-18-14-22-23(25-24-18)28-21-9-5-4-8-20(21)27-22/h1-14H,15H2. The van der Waals surface area contributed by atoms with Crippen molar-refractivity contribution in [3.8, 4) is 40.0 Å². The summed E-state index contributed by atoms with van der Waals surface area (Å²) in [5, 5.41) is 8.27. The molecule has 0 amide bonds. The van der Waals surface area contributed by atoms with Gasteiger partial charge in [0.15, 0.2) is 17.2 Å². The summed E-state index contributed by atoms with van der Waals surface area (Å²) in [6.07, 6.45) is 0. The van der Waals surface area contributed by atoms with Crippen LogP contribution in [0.1, 0.15) is 5.69 Å².